The van der Waals surface area contributed by atoms with E-state index in [9.17, 15) is 0 Å². The van der Waals surface area contributed by atoms with Crippen molar-refractivity contribution in [2.45, 2.75) is 32.2 Å². The first-order chi connectivity index (χ1) is 5.86. The van der Waals surface area contributed by atoms with Gasteiger partial charge in [0.2, 0.25) is 0 Å². The van der Waals surface area contributed by atoms with Crippen LogP contribution >= 0.6 is 0 Å². The fraction of sp³-hybridized carbons (Fsp3) is 0.700. The molecule has 2 aliphatic heterocycles. The van der Waals surface area contributed by atoms with E-state index < -0.39 is 0 Å². The largest absolute Gasteiger partial charge is 0.309 e. The Balaban J connectivity index is 2.02. The first-order valence-electron chi connectivity index (χ1n) is 4.83. The fourth-order valence-corrected chi connectivity index (χ4v) is 1.94. The molecule has 2 heteroatoms. The Labute approximate surface area is 73.8 Å². The molecule has 0 spiro atoms. The average molecular weight is 164 g/mol. The lowest BCUT2D eigenvalue weighted by Gasteiger charge is -2.18. The van der Waals surface area contributed by atoms with Crippen LogP contribution in [-0.4, -0.2) is 18.3 Å². The number of allylic oxidation sites excluding steroid dienone is 1. The summed E-state index contributed by atoms with van der Waals surface area (Å²) in [4.78, 5) is 4.44. The molecule has 1 unspecified atom stereocenters. The van der Waals surface area contributed by atoms with E-state index in [0.29, 0.717) is 12.0 Å². The van der Waals surface area contributed by atoms with Crippen LogP contribution in [0.2, 0.25) is 0 Å². The van der Waals surface area contributed by atoms with E-state index in [1.54, 1.807) is 0 Å². The van der Waals surface area contributed by atoms with E-state index in [4.69, 9.17) is 0 Å². The van der Waals surface area contributed by atoms with Crippen molar-refractivity contribution in [2.75, 3.05) is 6.54 Å². The van der Waals surface area contributed by atoms with Gasteiger partial charge in [-0.25, -0.2) is 0 Å². The SMILES string of the molecule is CC1C=CN=C([C@@H]2CCCN2)C1. The molecule has 2 rings (SSSR count). The molecule has 1 fully saturated rings. The van der Waals surface area contributed by atoms with Gasteiger partial charge in [-0.15, -0.1) is 0 Å². The lowest BCUT2D eigenvalue weighted by Crippen LogP contribution is -2.32. The molecule has 0 aromatic heterocycles. The predicted octanol–water partition coefficient (Wildman–Crippen LogP) is 1.73. The minimum absolute atomic E-state index is 0.581. The van der Waals surface area contributed by atoms with Crippen LogP contribution in [0.25, 0.3) is 0 Å². The minimum atomic E-state index is 0.581. The van der Waals surface area contributed by atoms with Gasteiger partial charge in [0, 0.05) is 18.0 Å². The molecular formula is C10H16N2. The number of rotatable bonds is 1. The third-order valence-electron chi connectivity index (χ3n) is 2.65. The monoisotopic (exact) mass is 164 g/mol. The molecule has 2 atom stereocenters. The minimum Gasteiger partial charge on any atom is -0.309 e. The van der Waals surface area contributed by atoms with Crippen LogP contribution in [0.15, 0.2) is 17.3 Å². The standard InChI is InChI=1S/C10H16N2/c1-8-4-6-12-10(7-8)9-3-2-5-11-9/h4,6,8-9,11H,2-3,5,7H2,1H3/t8?,9-/m0/s1. The van der Waals surface area contributed by atoms with Crippen molar-refractivity contribution in [1.29, 1.82) is 0 Å². The van der Waals surface area contributed by atoms with E-state index in [1.807, 2.05) is 6.20 Å². The van der Waals surface area contributed by atoms with Gasteiger partial charge in [0.15, 0.2) is 0 Å². The summed E-state index contributed by atoms with van der Waals surface area (Å²) in [6.45, 7) is 3.42. The number of nitrogens with one attached hydrogen (secondary N) is 1. The van der Waals surface area contributed by atoms with Gasteiger partial charge in [-0.1, -0.05) is 13.0 Å². The number of hydrogen-bond donors (Lipinski definition) is 1. The zero-order valence-electron chi connectivity index (χ0n) is 7.59. The zero-order chi connectivity index (χ0) is 8.39. The highest BCUT2D eigenvalue weighted by Gasteiger charge is 2.21. The molecule has 0 aromatic rings. The average Bonchev–Trinajstić information content (AvgIpc) is 2.56. The lowest BCUT2D eigenvalue weighted by atomic mass is 9.96. The topological polar surface area (TPSA) is 24.4 Å². The summed E-state index contributed by atoms with van der Waals surface area (Å²) in [5.41, 5.74) is 1.36. The van der Waals surface area contributed by atoms with Gasteiger partial charge in [0.05, 0.1) is 0 Å². The summed E-state index contributed by atoms with van der Waals surface area (Å²) in [6.07, 6.45) is 7.87. The molecule has 2 aliphatic rings. The highest BCUT2D eigenvalue weighted by molar-refractivity contribution is 5.91. The van der Waals surface area contributed by atoms with Crippen molar-refractivity contribution in [1.82, 2.24) is 5.32 Å². The molecule has 0 aliphatic carbocycles. The maximum atomic E-state index is 4.44. The van der Waals surface area contributed by atoms with Crippen LogP contribution in [-0.2, 0) is 0 Å². The fourth-order valence-electron chi connectivity index (χ4n) is 1.94. The molecule has 0 saturated carbocycles. The molecule has 2 heterocycles. The van der Waals surface area contributed by atoms with Gasteiger partial charge in [0.1, 0.15) is 0 Å². The molecular weight excluding hydrogens is 148 g/mol. The summed E-state index contributed by atoms with van der Waals surface area (Å²) in [5, 5.41) is 3.48. The van der Waals surface area contributed by atoms with Crippen LogP contribution in [0.3, 0.4) is 0 Å². The van der Waals surface area contributed by atoms with Crippen LogP contribution < -0.4 is 5.32 Å². The first-order valence-corrected chi connectivity index (χ1v) is 4.83. The van der Waals surface area contributed by atoms with Crippen LogP contribution in [0.5, 0.6) is 0 Å². The van der Waals surface area contributed by atoms with E-state index >= 15 is 0 Å². The van der Waals surface area contributed by atoms with E-state index in [2.05, 4.69) is 23.3 Å². The van der Waals surface area contributed by atoms with Gasteiger partial charge in [-0.05, 0) is 31.7 Å². The van der Waals surface area contributed by atoms with Gasteiger partial charge < -0.3 is 5.32 Å². The van der Waals surface area contributed by atoms with Gasteiger partial charge in [-0.2, -0.15) is 0 Å². The molecule has 66 valence electrons. The molecule has 2 nitrogen and oxygen atoms in total. The van der Waals surface area contributed by atoms with Crippen LogP contribution in [0.1, 0.15) is 26.2 Å². The second-order valence-corrected chi connectivity index (χ2v) is 3.79. The summed E-state index contributed by atoms with van der Waals surface area (Å²) in [6, 6.07) is 0.581. The van der Waals surface area contributed by atoms with Crippen molar-refractivity contribution in [3.63, 3.8) is 0 Å². The normalized spacial score (nSPS) is 35.2. The van der Waals surface area contributed by atoms with E-state index in [-0.39, 0.29) is 0 Å². The molecule has 0 aromatic carbocycles. The van der Waals surface area contributed by atoms with Crippen molar-refractivity contribution in [3.05, 3.63) is 12.3 Å². The number of hydrogen-bond acceptors (Lipinski definition) is 2. The van der Waals surface area contributed by atoms with Crippen molar-refractivity contribution >= 4 is 5.71 Å². The predicted molar refractivity (Wildman–Crippen MR) is 51.4 cm³/mol. The summed E-state index contributed by atoms with van der Waals surface area (Å²) in [5.74, 6) is 0.680. The Hall–Kier alpha value is -0.630. The summed E-state index contributed by atoms with van der Waals surface area (Å²) < 4.78 is 0. The van der Waals surface area contributed by atoms with Crippen molar-refractivity contribution in [3.8, 4) is 0 Å². The lowest BCUT2D eigenvalue weighted by molar-refractivity contribution is 0.687. The third kappa shape index (κ3) is 1.58. The van der Waals surface area contributed by atoms with Crippen LogP contribution in [0.4, 0.5) is 0 Å². The quantitative estimate of drug-likeness (QED) is 0.627. The maximum Gasteiger partial charge on any atom is 0.0455 e. The maximum absolute atomic E-state index is 4.44. The Morgan fingerprint density at radius 1 is 1.58 bits per heavy atom. The zero-order valence-corrected chi connectivity index (χ0v) is 7.59. The Morgan fingerprint density at radius 2 is 2.50 bits per heavy atom. The highest BCUT2D eigenvalue weighted by Crippen LogP contribution is 2.17. The molecule has 1 N–H and O–H groups in total. The highest BCUT2D eigenvalue weighted by atomic mass is 15.0. The molecule has 0 radical (unpaired) electrons. The Morgan fingerprint density at radius 3 is 3.17 bits per heavy atom. The Bertz CT molecular complexity index is 212. The molecule has 12 heavy (non-hydrogen) atoms. The van der Waals surface area contributed by atoms with Crippen LogP contribution in [0, 0.1) is 5.92 Å². The van der Waals surface area contributed by atoms with Gasteiger partial charge in [-0.3, -0.25) is 4.99 Å². The van der Waals surface area contributed by atoms with Crippen molar-refractivity contribution in [2.24, 2.45) is 10.9 Å². The Kier molecular flexibility index (Phi) is 2.26. The van der Waals surface area contributed by atoms with Crippen molar-refractivity contribution < 1.29 is 0 Å². The van der Waals surface area contributed by atoms with Gasteiger partial charge in [0.25, 0.3) is 0 Å². The number of nitrogens with zero attached hydrogens (tertiary/aromatic N) is 1. The smallest absolute Gasteiger partial charge is 0.0455 e. The molecule has 0 bridgehead atoms. The second-order valence-electron chi connectivity index (χ2n) is 3.79. The third-order valence-corrected chi connectivity index (χ3v) is 2.65. The summed E-state index contributed by atoms with van der Waals surface area (Å²) >= 11 is 0. The van der Waals surface area contributed by atoms with Gasteiger partial charge >= 0.3 is 0 Å². The number of aliphatic imine (C=N–C) groups is 1. The van der Waals surface area contributed by atoms with E-state index in [0.717, 1.165) is 6.42 Å². The second kappa shape index (κ2) is 3.40. The summed E-state index contributed by atoms with van der Waals surface area (Å²) in [7, 11) is 0. The molecule has 1 saturated heterocycles. The van der Waals surface area contributed by atoms with E-state index in [1.165, 1.54) is 25.1 Å². The first kappa shape index (κ1) is 7.99. The molecule has 0 amide bonds.